The molecule has 1 unspecified atom stereocenters. The van der Waals surface area contributed by atoms with Crippen LogP contribution >= 0.6 is 11.6 Å². The fraction of sp³-hybridized carbons (Fsp3) is 0.417. The van der Waals surface area contributed by atoms with Gasteiger partial charge in [-0.15, -0.1) is 0 Å². The summed E-state index contributed by atoms with van der Waals surface area (Å²) in [4.78, 5) is 27.2. The summed E-state index contributed by atoms with van der Waals surface area (Å²) in [6.07, 6.45) is 1.35. The number of rotatable bonds is 6. The highest BCUT2D eigenvalue weighted by Gasteiger charge is 2.16. The van der Waals surface area contributed by atoms with E-state index < -0.39 is 6.04 Å². The van der Waals surface area contributed by atoms with E-state index in [0.717, 1.165) is 0 Å². The van der Waals surface area contributed by atoms with Gasteiger partial charge in [0, 0.05) is 19.9 Å². The van der Waals surface area contributed by atoms with Gasteiger partial charge in [0.2, 0.25) is 5.91 Å². The number of hydrogen-bond acceptors (Lipinski definition) is 4. The number of pyridine rings is 1. The summed E-state index contributed by atoms with van der Waals surface area (Å²) in [5, 5.41) is 5.51. The molecule has 104 valence electrons. The molecule has 0 aromatic carbocycles. The second-order valence-corrected chi connectivity index (χ2v) is 4.24. The molecular weight excluding hydrogens is 270 g/mol. The van der Waals surface area contributed by atoms with E-state index in [1.54, 1.807) is 20.1 Å². The molecule has 1 atom stereocenters. The highest BCUT2D eigenvalue weighted by Crippen LogP contribution is 2.05. The number of aromatic nitrogens is 1. The van der Waals surface area contributed by atoms with Crippen molar-refractivity contribution in [3.05, 3.63) is 29.0 Å². The van der Waals surface area contributed by atoms with Crippen LogP contribution in [0.1, 0.15) is 17.3 Å². The lowest BCUT2D eigenvalue weighted by Gasteiger charge is -2.13. The van der Waals surface area contributed by atoms with Crippen molar-refractivity contribution in [2.75, 3.05) is 20.3 Å². The predicted octanol–water partition coefficient (Wildman–Crippen LogP) is 0.616. The van der Waals surface area contributed by atoms with Crippen LogP contribution in [-0.2, 0) is 9.53 Å². The van der Waals surface area contributed by atoms with Crippen LogP contribution in [0.15, 0.2) is 18.3 Å². The van der Waals surface area contributed by atoms with Crippen molar-refractivity contribution in [1.29, 1.82) is 0 Å². The predicted molar refractivity (Wildman–Crippen MR) is 71.1 cm³/mol. The molecule has 0 radical (unpaired) electrons. The lowest BCUT2D eigenvalue weighted by molar-refractivity contribution is -0.122. The maximum absolute atomic E-state index is 11.8. The quantitative estimate of drug-likeness (QED) is 0.593. The van der Waals surface area contributed by atoms with Crippen LogP contribution in [-0.4, -0.2) is 43.1 Å². The van der Waals surface area contributed by atoms with Crippen molar-refractivity contribution in [3.8, 4) is 0 Å². The minimum atomic E-state index is -0.639. The molecular formula is C12H16ClN3O3. The molecule has 6 nitrogen and oxygen atoms in total. The van der Waals surface area contributed by atoms with Crippen LogP contribution in [0.2, 0.25) is 5.15 Å². The van der Waals surface area contributed by atoms with Gasteiger partial charge in [0.25, 0.3) is 5.91 Å². The molecule has 1 heterocycles. The molecule has 1 aromatic heterocycles. The molecule has 2 amide bonds. The molecule has 7 heteroatoms. The number of amides is 2. The van der Waals surface area contributed by atoms with Gasteiger partial charge in [0.05, 0.1) is 12.2 Å². The zero-order chi connectivity index (χ0) is 14.3. The number of nitrogens with zero attached hydrogens (tertiary/aromatic N) is 1. The zero-order valence-electron chi connectivity index (χ0n) is 10.8. The number of hydrogen-bond donors (Lipinski definition) is 2. The minimum Gasteiger partial charge on any atom is -0.383 e. The van der Waals surface area contributed by atoms with E-state index in [1.165, 1.54) is 12.3 Å². The third-order valence-electron chi connectivity index (χ3n) is 2.34. The van der Waals surface area contributed by atoms with Crippen molar-refractivity contribution < 1.29 is 14.3 Å². The summed E-state index contributed by atoms with van der Waals surface area (Å²) in [5.41, 5.74) is 0.348. The Bertz CT molecular complexity index is 436. The first-order valence-electron chi connectivity index (χ1n) is 5.73. The van der Waals surface area contributed by atoms with E-state index >= 15 is 0 Å². The molecule has 19 heavy (non-hydrogen) atoms. The lowest BCUT2D eigenvalue weighted by Crippen LogP contribution is -2.45. The maximum atomic E-state index is 11.8. The summed E-state index contributed by atoms with van der Waals surface area (Å²) in [5.74, 6) is -0.647. The van der Waals surface area contributed by atoms with Crippen molar-refractivity contribution in [2.45, 2.75) is 13.0 Å². The first-order chi connectivity index (χ1) is 9.04. The largest absolute Gasteiger partial charge is 0.383 e. The van der Waals surface area contributed by atoms with Gasteiger partial charge < -0.3 is 15.4 Å². The first kappa shape index (κ1) is 15.4. The number of halogens is 1. The van der Waals surface area contributed by atoms with Gasteiger partial charge in [-0.1, -0.05) is 11.6 Å². The van der Waals surface area contributed by atoms with Crippen LogP contribution in [0.4, 0.5) is 0 Å². The van der Waals surface area contributed by atoms with E-state index in [1.807, 2.05) is 0 Å². The standard InChI is InChI=1S/C12H16ClN3O3/c1-8(11(17)14-5-6-19-2)16-12(18)9-3-4-10(13)15-7-9/h3-4,7-8H,5-6H2,1-2H3,(H,14,17)(H,16,18). The second kappa shape index (κ2) is 7.70. The summed E-state index contributed by atoms with van der Waals surface area (Å²) in [6, 6.07) is 2.42. The van der Waals surface area contributed by atoms with Gasteiger partial charge in [-0.2, -0.15) is 0 Å². The normalized spacial score (nSPS) is 11.7. The molecule has 0 saturated carbocycles. The Kier molecular flexibility index (Phi) is 6.24. The Labute approximate surface area is 116 Å². The minimum absolute atomic E-state index is 0.271. The molecule has 0 aliphatic carbocycles. The molecule has 1 rings (SSSR count). The fourth-order valence-electron chi connectivity index (χ4n) is 1.29. The molecule has 0 aliphatic rings. The van der Waals surface area contributed by atoms with Crippen LogP contribution < -0.4 is 10.6 Å². The number of nitrogens with one attached hydrogen (secondary N) is 2. The Hall–Kier alpha value is -1.66. The van der Waals surface area contributed by atoms with E-state index in [4.69, 9.17) is 16.3 Å². The highest BCUT2D eigenvalue weighted by molar-refractivity contribution is 6.29. The van der Waals surface area contributed by atoms with E-state index in [9.17, 15) is 9.59 Å². The molecule has 1 aromatic rings. The molecule has 0 spiro atoms. The molecule has 2 N–H and O–H groups in total. The smallest absolute Gasteiger partial charge is 0.253 e. The van der Waals surface area contributed by atoms with Crippen LogP contribution in [0.5, 0.6) is 0 Å². The third kappa shape index (κ3) is 5.23. The van der Waals surface area contributed by atoms with Crippen molar-refractivity contribution >= 4 is 23.4 Å². The summed E-state index contributed by atoms with van der Waals surface area (Å²) < 4.78 is 4.81. The van der Waals surface area contributed by atoms with Gasteiger partial charge in [-0.25, -0.2) is 4.98 Å². The monoisotopic (exact) mass is 285 g/mol. The Morgan fingerprint density at radius 3 is 2.79 bits per heavy atom. The van der Waals surface area contributed by atoms with Gasteiger partial charge in [0.1, 0.15) is 11.2 Å². The highest BCUT2D eigenvalue weighted by atomic mass is 35.5. The summed E-state index contributed by atoms with van der Waals surface area (Å²) in [7, 11) is 1.55. The van der Waals surface area contributed by atoms with Gasteiger partial charge in [-0.3, -0.25) is 9.59 Å². The van der Waals surface area contributed by atoms with Gasteiger partial charge >= 0.3 is 0 Å². The van der Waals surface area contributed by atoms with Crippen LogP contribution in [0.3, 0.4) is 0 Å². The van der Waals surface area contributed by atoms with Crippen molar-refractivity contribution in [1.82, 2.24) is 15.6 Å². The van der Waals surface area contributed by atoms with Crippen molar-refractivity contribution in [3.63, 3.8) is 0 Å². The Morgan fingerprint density at radius 2 is 2.21 bits per heavy atom. The van der Waals surface area contributed by atoms with Gasteiger partial charge in [-0.05, 0) is 19.1 Å². The topological polar surface area (TPSA) is 80.3 Å². The SMILES string of the molecule is COCCNC(=O)C(C)NC(=O)c1ccc(Cl)nc1. The number of carbonyl (C=O) groups excluding carboxylic acids is 2. The number of ether oxygens (including phenoxy) is 1. The third-order valence-corrected chi connectivity index (χ3v) is 2.56. The Morgan fingerprint density at radius 1 is 1.47 bits per heavy atom. The fourth-order valence-corrected chi connectivity index (χ4v) is 1.40. The molecule has 0 saturated heterocycles. The Balaban J connectivity index is 2.47. The van der Waals surface area contributed by atoms with Gasteiger partial charge in [0.15, 0.2) is 0 Å². The molecule has 0 aliphatic heterocycles. The van der Waals surface area contributed by atoms with E-state index in [-0.39, 0.29) is 11.8 Å². The maximum Gasteiger partial charge on any atom is 0.253 e. The molecule has 0 fully saturated rings. The lowest BCUT2D eigenvalue weighted by atomic mass is 10.2. The van der Waals surface area contributed by atoms with Crippen molar-refractivity contribution in [2.24, 2.45) is 0 Å². The average Bonchev–Trinajstić information content (AvgIpc) is 2.39. The zero-order valence-corrected chi connectivity index (χ0v) is 11.5. The number of methoxy groups -OCH3 is 1. The summed E-state index contributed by atoms with van der Waals surface area (Å²) >= 11 is 5.62. The molecule has 0 bridgehead atoms. The average molecular weight is 286 g/mol. The summed E-state index contributed by atoms with van der Waals surface area (Å²) in [6.45, 7) is 2.43. The van der Waals surface area contributed by atoms with E-state index in [2.05, 4.69) is 15.6 Å². The van der Waals surface area contributed by atoms with Crippen LogP contribution in [0, 0.1) is 0 Å². The first-order valence-corrected chi connectivity index (χ1v) is 6.11. The van der Waals surface area contributed by atoms with E-state index in [0.29, 0.717) is 23.9 Å². The van der Waals surface area contributed by atoms with Crippen LogP contribution in [0.25, 0.3) is 0 Å². The second-order valence-electron chi connectivity index (χ2n) is 3.85. The number of carbonyl (C=O) groups is 2.